The van der Waals surface area contributed by atoms with Gasteiger partial charge < -0.3 is 5.53 Å². The quantitative estimate of drug-likeness (QED) is 0.310. The lowest BCUT2D eigenvalue weighted by Crippen LogP contribution is -2.29. The van der Waals surface area contributed by atoms with Crippen LogP contribution in [0.25, 0.3) is 5.53 Å². The van der Waals surface area contributed by atoms with Crippen molar-refractivity contribution in [2.75, 3.05) is 11.5 Å². The van der Waals surface area contributed by atoms with E-state index in [0.29, 0.717) is 0 Å². The first-order chi connectivity index (χ1) is 6.81. The van der Waals surface area contributed by atoms with Gasteiger partial charge in [-0.15, -0.1) is 4.79 Å². The molecule has 0 saturated heterocycles. The molecule has 0 aliphatic heterocycles. The van der Waals surface area contributed by atoms with Gasteiger partial charge in [-0.1, -0.05) is 13.8 Å². The van der Waals surface area contributed by atoms with E-state index in [1.54, 1.807) is 13.8 Å². The molecule has 15 heavy (non-hydrogen) atoms. The van der Waals surface area contributed by atoms with Gasteiger partial charge in [0.2, 0.25) is 0 Å². The molecular formula is C7H14N2O4S2. The molecule has 0 aromatic heterocycles. The second kappa shape index (κ2) is 5.39. The predicted octanol–water partition coefficient (Wildman–Crippen LogP) is 0.222. The predicted molar refractivity (Wildman–Crippen MR) is 56.8 cm³/mol. The van der Waals surface area contributed by atoms with Crippen LogP contribution in [0, 0.1) is 0 Å². The Balaban J connectivity index is 5.41. The highest BCUT2D eigenvalue weighted by molar-refractivity contribution is 8.31. The van der Waals surface area contributed by atoms with Crippen molar-refractivity contribution in [3.63, 3.8) is 0 Å². The molecule has 0 spiro atoms. The third-order valence-corrected chi connectivity index (χ3v) is 6.20. The first-order valence-corrected chi connectivity index (χ1v) is 7.79. The Labute approximate surface area is 89.8 Å². The molecule has 8 heteroatoms. The zero-order valence-corrected chi connectivity index (χ0v) is 10.3. The molecule has 0 heterocycles. The molecule has 0 saturated carbocycles. The van der Waals surface area contributed by atoms with E-state index in [0.717, 1.165) is 0 Å². The minimum atomic E-state index is -3.99. The summed E-state index contributed by atoms with van der Waals surface area (Å²) in [7, 11) is -7.98. The lowest BCUT2D eigenvalue weighted by Gasteiger charge is -1.98. The summed E-state index contributed by atoms with van der Waals surface area (Å²) < 4.78 is 44.5. The van der Waals surface area contributed by atoms with E-state index in [2.05, 4.69) is 4.79 Å². The largest absolute Gasteiger partial charge is 0.495 e. The topological polar surface area (TPSA) is 105 Å². The molecule has 0 N–H and O–H groups in total. The molecule has 0 atom stereocenters. The molecule has 0 rings (SSSR count). The SMILES string of the molecule is CCCS(=O)(=O)C(=[N+]=[N-])S(=O)(=O)CCC. The molecule has 0 bridgehead atoms. The lowest BCUT2D eigenvalue weighted by molar-refractivity contribution is 0.00381. The Morgan fingerprint density at radius 3 is 1.53 bits per heavy atom. The summed E-state index contributed by atoms with van der Waals surface area (Å²) in [5, 5.41) is 0. The van der Waals surface area contributed by atoms with Crippen LogP contribution in [0.5, 0.6) is 0 Å². The Morgan fingerprint density at radius 1 is 1.00 bits per heavy atom. The summed E-state index contributed by atoms with van der Waals surface area (Å²) in [5.41, 5.74) is 8.48. The van der Waals surface area contributed by atoms with Gasteiger partial charge in [0.25, 0.3) is 19.7 Å². The number of nitrogens with zero attached hydrogens (tertiary/aromatic N) is 2. The van der Waals surface area contributed by atoms with Crippen LogP contribution < -0.4 is 0 Å². The van der Waals surface area contributed by atoms with Crippen LogP contribution in [0.3, 0.4) is 0 Å². The van der Waals surface area contributed by atoms with E-state index in [9.17, 15) is 16.8 Å². The van der Waals surface area contributed by atoms with E-state index in [-0.39, 0.29) is 24.3 Å². The van der Waals surface area contributed by atoms with Gasteiger partial charge >= 0.3 is 4.38 Å². The van der Waals surface area contributed by atoms with E-state index in [1.807, 2.05) is 0 Å². The maximum absolute atomic E-state index is 11.4. The van der Waals surface area contributed by atoms with Crippen LogP contribution >= 0.6 is 0 Å². The maximum Gasteiger partial charge on any atom is 0.495 e. The van der Waals surface area contributed by atoms with E-state index >= 15 is 0 Å². The van der Waals surface area contributed by atoms with Crippen molar-refractivity contribution >= 4 is 24.1 Å². The molecule has 0 aliphatic rings. The number of rotatable bonds is 4. The van der Waals surface area contributed by atoms with Gasteiger partial charge in [-0.3, -0.25) is 0 Å². The third kappa shape index (κ3) is 3.73. The first-order valence-electron chi connectivity index (χ1n) is 4.49. The average molecular weight is 254 g/mol. The maximum atomic E-state index is 11.4. The third-order valence-electron chi connectivity index (χ3n) is 1.56. The molecule has 88 valence electrons. The Hall–Kier alpha value is -0.720. The Morgan fingerprint density at radius 2 is 1.33 bits per heavy atom. The first kappa shape index (κ1) is 14.3. The Bertz CT molecular complexity index is 419. The average Bonchev–Trinajstić information content (AvgIpc) is 2.02. The van der Waals surface area contributed by atoms with Crippen molar-refractivity contribution in [1.82, 2.24) is 0 Å². The summed E-state index contributed by atoms with van der Waals surface area (Å²) in [6.07, 6.45) is 0.534. The smallest absolute Gasteiger partial charge is 0.359 e. The lowest BCUT2D eigenvalue weighted by atomic mass is 10.6. The van der Waals surface area contributed by atoms with Crippen LogP contribution in [0.2, 0.25) is 0 Å². The summed E-state index contributed by atoms with van der Waals surface area (Å²) in [4.78, 5) is 2.41. The molecule has 0 aromatic carbocycles. The zero-order valence-electron chi connectivity index (χ0n) is 8.67. The summed E-state index contributed by atoms with van der Waals surface area (Å²) in [6, 6.07) is 0. The van der Waals surface area contributed by atoms with Crippen molar-refractivity contribution in [3.8, 4) is 0 Å². The van der Waals surface area contributed by atoms with Gasteiger partial charge in [0.05, 0.1) is 11.5 Å². The molecule has 0 radical (unpaired) electrons. The highest BCUT2D eigenvalue weighted by atomic mass is 32.3. The van der Waals surface area contributed by atoms with E-state index in [4.69, 9.17) is 5.53 Å². The zero-order chi connectivity index (χ0) is 12.1. The normalized spacial score (nSPS) is 12.1. The van der Waals surface area contributed by atoms with Gasteiger partial charge in [-0.05, 0) is 12.8 Å². The van der Waals surface area contributed by atoms with Crippen LogP contribution in [0.1, 0.15) is 26.7 Å². The monoisotopic (exact) mass is 254 g/mol. The van der Waals surface area contributed by atoms with Crippen molar-refractivity contribution in [2.45, 2.75) is 26.7 Å². The Kier molecular flexibility index (Phi) is 5.13. The number of sulfone groups is 2. The molecule has 0 fully saturated rings. The van der Waals surface area contributed by atoms with Crippen molar-refractivity contribution in [1.29, 1.82) is 0 Å². The number of hydrogen-bond acceptors (Lipinski definition) is 4. The molecule has 0 unspecified atom stereocenters. The van der Waals surface area contributed by atoms with Crippen molar-refractivity contribution < 1.29 is 21.6 Å². The van der Waals surface area contributed by atoms with E-state index < -0.39 is 24.1 Å². The number of hydrogen-bond donors (Lipinski definition) is 0. The van der Waals surface area contributed by atoms with Crippen molar-refractivity contribution in [2.24, 2.45) is 0 Å². The van der Waals surface area contributed by atoms with Gasteiger partial charge in [-0.25, -0.2) is 16.8 Å². The minimum Gasteiger partial charge on any atom is -0.359 e. The highest BCUT2D eigenvalue weighted by Crippen LogP contribution is 2.05. The standard InChI is InChI=1S/C7H14N2O4S2/c1-3-5-14(10,11)7(9-8)15(12,13)6-4-2/h3-6H2,1-2H3. The molecule has 0 amide bonds. The van der Waals surface area contributed by atoms with Crippen LogP contribution in [-0.4, -0.2) is 37.5 Å². The van der Waals surface area contributed by atoms with Crippen LogP contribution in [0.4, 0.5) is 0 Å². The van der Waals surface area contributed by atoms with Gasteiger partial charge in [0.1, 0.15) is 0 Å². The van der Waals surface area contributed by atoms with Gasteiger partial charge in [-0.2, -0.15) is 0 Å². The fraction of sp³-hybridized carbons (Fsp3) is 0.857. The minimum absolute atomic E-state index is 0.267. The second-order valence-electron chi connectivity index (χ2n) is 3.00. The van der Waals surface area contributed by atoms with Crippen LogP contribution in [-0.2, 0) is 19.7 Å². The highest BCUT2D eigenvalue weighted by Gasteiger charge is 2.39. The summed E-state index contributed by atoms with van der Waals surface area (Å²) >= 11 is 0. The molecule has 0 aliphatic carbocycles. The van der Waals surface area contributed by atoms with Gasteiger partial charge in [0, 0.05) is 0 Å². The summed E-state index contributed by atoms with van der Waals surface area (Å²) in [6.45, 7) is 3.19. The van der Waals surface area contributed by atoms with Crippen molar-refractivity contribution in [3.05, 3.63) is 5.53 Å². The molecular weight excluding hydrogens is 240 g/mol. The van der Waals surface area contributed by atoms with Crippen LogP contribution in [0.15, 0.2) is 0 Å². The van der Waals surface area contributed by atoms with E-state index in [1.165, 1.54) is 0 Å². The summed E-state index contributed by atoms with van der Waals surface area (Å²) in [5.74, 6) is -0.676. The molecule has 0 aromatic rings. The van der Waals surface area contributed by atoms with Gasteiger partial charge in [0.15, 0.2) is 0 Å². The molecule has 6 nitrogen and oxygen atoms in total. The fourth-order valence-electron chi connectivity index (χ4n) is 1.03. The second-order valence-corrected chi connectivity index (χ2v) is 7.31. The fourth-order valence-corrected chi connectivity index (χ4v) is 4.75.